The minimum atomic E-state index is 0.815. The number of aryl methyl sites for hydroxylation is 2. The lowest BCUT2D eigenvalue weighted by molar-refractivity contribution is 0.516. The Bertz CT molecular complexity index is 366. The zero-order valence-electron chi connectivity index (χ0n) is 12.0. The number of hydrogen-bond donors (Lipinski definition) is 1. The Morgan fingerprint density at radius 2 is 2.00 bits per heavy atom. The molecule has 0 aromatic heterocycles. The van der Waals surface area contributed by atoms with Crippen LogP contribution in [0.4, 0.5) is 5.69 Å². The Morgan fingerprint density at radius 1 is 1.28 bits per heavy atom. The van der Waals surface area contributed by atoms with Gasteiger partial charge in [0.25, 0.3) is 0 Å². The molecule has 18 heavy (non-hydrogen) atoms. The molecule has 2 heteroatoms. The summed E-state index contributed by atoms with van der Waals surface area (Å²) in [6.45, 7) is 11.4. The Hall–Kier alpha value is -1.02. The van der Waals surface area contributed by atoms with Crippen LogP contribution in [0.1, 0.15) is 30.9 Å². The van der Waals surface area contributed by atoms with Gasteiger partial charge in [-0.3, -0.25) is 0 Å². The average molecular weight is 246 g/mol. The van der Waals surface area contributed by atoms with E-state index in [0.717, 1.165) is 12.5 Å². The molecule has 0 amide bonds. The molecule has 1 aromatic carbocycles. The molecule has 0 bridgehead atoms. The molecule has 2 rings (SSSR count). The molecule has 2 nitrogen and oxygen atoms in total. The van der Waals surface area contributed by atoms with Gasteiger partial charge in [-0.15, -0.1) is 0 Å². The van der Waals surface area contributed by atoms with E-state index in [1.807, 2.05) is 0 Å². The first kappa shape index (κ1) is 13.4. The summed E-state index contributed by atoms with van der Waals surface area (Å²) < 4.78 is 0. The summed E-state index contributed by atoms with van der Waals surface area (Å²) in [5, 5.41) is 3.55. The summed E-state index contributed by atoms with van der Waals surface area (Å²) >= 11 is 0. The van der Waals surface area contributed by atoms with E-state index < -0.39 is 0 Å². The molecule has 0 saturated carbocycles. The monoisotopic (exact) mass is 246 g/mol. The number of nitrogens with one attached hydrogen (secondary N) is 1. The van der Waals surface area contributed by atoms with E-state index in [1.54, 1.807) is 0 Å². The summed E-state index contributed by atoms with van der Waals surface area (Å²) in [6.07, 6.45) is 2.55. The Morgan fingerprint density at radius 3 is 2.67 bits per heavy atom. The van der Waals surface area contributed by atoms with Crippen molar-refractivity contribution in [2.75, 3.05) is 31.1 Å². The van der Waals surface area contributed by atoms with Gasteiger partial charge >= 0.3 is 0 Å². The summed E-state index contributed by atoms with van der Waals surface area (Å²) in [6, 6.07) is 6.61. The van der Waals surface area contributed by atoms with Gasteiger partial charge in [0.1, 0.15) is 0 Å². The fourth-order valence-electron chi connectivity index (χ4n) is 2.99. The van der Waals surface area contributed by atoms with Gasteiger partial charge in [-0.25, -0.2) is 0 Å². The average Bonchev–Trinajstić information content (AvgIpc) is 2.78. The molecule has 1 saturated heterocycles. The molecule has 0 radical (unpaired) electrons. The zero-order chi connectivity index (χ0) is 13.0. The lowest BCUT2D eigenvalue weighted by Gasteiger charge is -2.23. The van der Waals surface area contributed by atoms with E-state index in [2.05, 4.69) is 49.2 Å². The molecule has 0 aliphatic carbocycles. The number of hydrogen-bond acceptors (Lipinski definition) is 2. The SMILES string of the molecule is CCCNCC1CCN(c2c(C)cccc2C)C1. The van der Waals surface area contributed by atoms with E-state index in [0.29, 0.717) is 0 Å². The van der Waals surface area contributed by atoms with Crippen molar-refractivity contribution < 1.29 is 0 Å². The lowest BCUT2D eigenvalue weighted by Crippen LogP contribution is -2.27. The van der Waals surface area contributed by atoms with Gasteiger partial charge in [-0.2, -0.15) is 0 Å². The normalized spacial score (nSPS) is 19.5. The highest BCUT2D eigenvalue weighted by Gasteiger charge is 2.23. The van der Waals surface area contributed by atoms with Crippen LogP contribution in [0.2, 0.25) is 0 Å². The zero-order valence-corrected chi connectivity index (χ0v) is 12.0. The van der Waals surface area contributed by atoms with Crippen LogP contribution in [0, 0.1) is 19.8 Å². The maximum absolute atomic E-state index is 3.55. The number of anilines is 1. The maximum atomic E-state index is 3.55. The molecule has 1 fully saturated rings. The van der Waals surface area contributed by atoms with Crippen LogP contribution in [-0.2, 0) is 0 Å². The van der Waals surface area contributed by atoms with Crippen LogP contribution in [-0.4, -0.2) is 26.2 Å². The molecular formula is C16H26N2. The van der Waals surface area contributed by atoms with Crippen molar-refractivity contribution in [3.05, 3.63) is 29.3 Å². The van der Waals surface area contributed by atoms with Gasteiger partial charge in [0.15, 0.2) is 0 Å². The van der Waals surface area contributed by atoms with Crippen molar-refractivity contribution in [1.29, 1.82) is 0 Å². The number of benzene rings is 1. The first-order chi connectivity index (χ1) is 8.72. The second kappa shape index (κ2) is 6.24. The van der Waals surface area contributed by atoms with Crippen LogP contribution in [0.15, 0.2) is 18.2 Å². The second-order valence-corrected chi connectivity index (χ2v) is 5.55. The molecule has 1 unspecified atom stereocenters. The number of para-hydroxylation sites is 1. The molecule has 1 N–H and O–H groups in total. The second-order valence-electron chi connectivity index (χ2n) is 5.55. The minimum Gasteiger partial charge on any atom is -0.371 e. The topological polar surface area (TPSA) is 15.3 Å². The van der Waals surface area contributed by atoms with Gasteiger partial charge in [-0.05, 0) is 56.8 Å². The first-order valence-electron chi connectivity index (χ1n) is 7.24. The van der Waals surface area contributed by atoms with Crippen molar-refractivity contribution in [2.24, 2.45) is 5.92 Å². The van der Waals surface area contributed by atoms with E-state index in [-0.39, 0.29) is 0 Å². The third-order valence-electron chi connectivity index (χ3n) is 3.90. The van der Waals surface area contributed by atoms with Crippen molar-refractivity contribution in [1.82, 2.24) is 5.32 Å². The smallest absolute Gasteiger partial charge is 0.0425 e. The molecule has 1 heterocycles. The molecular weight excluding hydrogens is 220 g/mol. The van der Waals surface area contributed by atoms with Gasteiger partial charge < -0.3 is 10.2 Å². The van der Waals surface area contributed by atoms with Crippen LogP contribution in [0.25, 0.3) is 0 Å². The van der Waals surface area contributed by atoms with Crippen molar-refractivity contribution in [3.63, 3.8) is 0 Å². The molecule has 100 valence electrons. The van der Waals surface area contributed by atoms with Crippen molar-refractivity contribution in [3.8, 4) is 0 Å². The highest BCUT2D eigenvalue weighted by atomic mass is 15.2. The lowest BCUT2D eigenvalue weighted by atomic mass is 10.1. The predicted octanol–water partition coefficient (Wildman–Crippen LogP) is 3.13. The quantitative estimate of drug-likeness (QED) is 0.803. The number of rotatable bonds is 5. The van der Waals surface area contributed by atoms with Crippen molar-refractivity contribution >= 4 is 5.69 Å². The van der Waals surface area contributed by atoms with Gasteiger partial charge in [0.2, 0.25) is 0 Å². The van der Waals surface area contributed by atoms with E-state index in [9.17, 15) is 0 Å². The van der Waals surface area contributed by atoms with Crippen LogP contribution in [0.3, 0.4) is 0 Å². The van der Waals surface area contributed by atoms with E-state index in [1.165, 1.54) is 49.3 Å². The molecule has 1 aliphatic heterocycles. The van der Waals surface area contributed by atoms with E-state index >= 15 is 0 Å². The van der Waals surface area contributed by atoms with Crippen LogP contribution >= 0.6 is 0 Å². The van der Waals surface area contributed by atoms with Gasteiger partial charge in [-0.1, -0.05) is 25.1 Å². The molecule has 1 atom stereocenters. The largest absolute Gasteiger partial charge is 0.371 e. The van der Waals surface area contributed by atoms with Crippen LogP contribution in [0.5, 0.6) is 0 Å². The molecule has 0 spiro atoms. The Labute approximate surface area is 111 Å². The van der Waals surface area contributed by atoms with Crippen molar-refractivity contribution in [2.45, 2.75) is 33.6 Å². The first-order valence-corrected chi connectivity index (χ1v) is 7.24. The summed E-state index contributed by atoms with van der Waals surface area (Å²) in [5.41, 5.74) is 4.30. The Balaban J connectivity index is 1.96. The molecule has 1 aromatic rings. The highest BCUT2D eigenvalue weighted by Crippen LogP contribution is 2.29. The predicted molar refractivity (Wildman–Crippen MR) is 79.4 cm³/mol. The fourth-order valence-corrected chi connectivity index (χ4v) is 2.99. The molecule has 1 aliphatic rings. The summed E-state index contributed by atoms with van der Waals surface area (Å²) in [7, 11) is 0. The highest BCUT2D eigenvalue weighted by molar-refractivity contribution is 5.59. The van der Waals surface area contributed by atoms with Gasteiger partial charge in [0.05, 0.1) is 0 Å². The summed E-state index contributed by atoms with van der Waals surface area (Å²) in [5.74, 6) is 0.815. The van der Waals surface area contributed by atoms with Crippen LogP contribution < -0.4 is 10.2 Å². The summed E-state index contributed by atoms with van der Waals surface area (Å²) in [4.78, 5) is 2.57. The standard InChI is InChI=1S/C16H26N2/c1-4-9-17-11-15-8-10-18(12-15)16-13(2)6-5-7-14(16)3/h5-7,15,17H,4,8-12H2,1-3H3. The van der Waals surface area contributed by atoms with Gasteiger partial charge in [0, 0.05) is 18.8 Å². The third-order valence-corrected chi connectivity index (χ3v) is 3.90. The number of nitrogens with zero attached hydrogens (tertiary/aromatic N) is 1. The third kappa shape index (κ3) is 3.05. The van der Waals surface area contributed by atoms with E-state index in [4.69, 9.17) is 0 Å². The minimum absolute atomic E-state index is 0.815. The fraction of sp³-hybridized carbons (Fsp3) is 0.625. The Kier molecular flexibility index (Phi) is 4.65. The maximum Gasteiger partial charge on any atom is 0.0425 e.